The number of ether oxygens (including phenoxy) is 1. The fraction of sp³-hybridized carbons (Fsp3) is 0.550. The van der Waals surface area contributed by atoms with Crippen LogP contribution in [0.1, 0.15) is 65.2 Å². The first-order chi connectivity index (χ1) is 10.4. The molecule has 1 N–H and O–H groups in total. The maximum Gasteiger partial charge on any atom is 0.333 e. The lowest BCUT2D eigenvalue weighted by Gasteiger charge is -2.28. The van der Waals surface area contributed by atoms with Crippen LogP contribution in [0.5, 0.6) is 5.75 Å². The molecule has 1 rings (SSSR count). The van der Waals surface area contributed by atoms with Gasteiger partial charge < -0.3 is 9.84 Å². The van der Waals surface area contributed by atoms with Gasteiger partial charge in [0.1, 0.15) is 5.75 Å². The molecule has 0 atom stereocenters. The Morgan fingerprint density at radius 1 is 1.09 bits per heavy atom. The number of hydrogen-bond acceptors (Lipinski definition) is 3. The summed E-state index contributed by atoms with van der Waals surface area (Å²) in [5, 5.41) is 10.7. The first-order valence-corrected chi connectivity index (χ1v) is 8.09. The van der Waals surface area contributed by atoms with E-state index in [2.05, 4.69) is 48.1 Å². The predicted molar refractivity (Wildman–Crippen MR) is 95.0 cm³/mol. The lowest BCUT2D eigenvalue weighted by Crippen LogP contribution is -2.18. The number of aromatic hydroxyl groups is 1. The summed E-state index contributed by atoms with van der Waals surface area (Å²) < 4.78 is 5.01. The average Bonchev–Trinajstić information content (AvgIpc) is 2.38. The van der Waals surface area contributed by atoms with Crippen molar-refractivity contribution in [3.05, 3.63) is 41.0 Å². The van der Waals surface area contributed by atoms with Gasteiger partial charge in [-0.15, -0.1) is 0 Å². The molecule has 1 aromatic rings. The maximum atomic E-state index is 11.8. The van der Waals surface area contributed by atoms with Crippen LogP contribution in [0.3, 0.4) is 0 Å². The van der Waals surface area contributed by atoms with Crippen molar-refractivity contribution in [2.45, 2.75) is 65.7 Å². The van der Waals surface area contributed by atoms with Crippen molar-refractivity contribution < 1.29 is 14.6 Å². The molecule has 23 heavy (non-hydrogen) atoms. The van der Waals surface area contributed by atoms with Crippen LogP contribution in [0.4, 0.5) is 0 Å². The zero-order chi connectivity index (χ0) is 18.0. The molecule has 0 aliphatic rings. The Hall–Kier alpha value is -1.77. The van der Waals surface area contributed by atoms with Gasteiger partial charge in [0.15, 0.2) is 0 Å². The van der Waals surface area contributed by atoms with Gasteiger partial charge in [-0.3, -0.25) is 0 Å². The van der Waals surface area contributed by atoms with Crippen molar-refractivity contribution in [2.75, 3.05) is 6.61 Å². The molecule has 1 aromatic carbocycles. The molecule has 0 saturated carbocycles. The van der Waals surface area contributed by atoms with E-state index in [1.54, 1.807) is 6.92 Å². The Morgan fingerprint density at radius 2 is 1.52 bits per heavy atom. The maximum absolute atomic E-state index is 11.8. The summed E-state index contributed by atoms with van der Waals surface area (Å²) in [5.74, 6) is -0.0225. The number of rotatable bonds is 4. The Balaban J connectivity index is 3.34. The van der Waals surface area contributed by atoms with Crippen molar-refractivity contribution in [1.82, 2.24) is 0 Å². The predicted octanol–water partition coefficient (Wildman–Crippen LogP) is 4.65. The minimum absolute atomic E-state index is 0.189. The monoisotopic (exact) mass is 318 g/mol. The van der Waals surface area contributed by atoms with Gasteiger partial charge in [-0.2, -0.15) is 0 Å². The molecule has 0 spiro atoms. The van der Waals surface area contributed by atoms with Crippen LogP contribution in [0.25, 0.3) is 0 Å². The van der Waals surface area contributed by atoms with E-state index >= 15 is 0 Å². The summed E-state index contributed by atoms with van der Waals surface area (Å²) in [6.07, 6.45) is 0.422. The van der Waals surface area contributed by atoms with Crippen LogP contribution in [0.15, 0.2) is 24.3 Å². The molecular formula is C20H30O3. The highest BCUT2D eigenvalue weighted by molar-refractivity contribution is 5.88. The van der Waals surface area contributed by atoms with Crippen LogP contribution in [-0.2, 0) is 26.8 Å². The molecule has 0 aromatic heterocycles. The molecule has 128 valence electrons. The molecule has 0 unspecified atom stereocenters. The standard InChI is InChI=1S/C20H30O3/c1-9-23-18(22)13(2)10-14-11-15(19(3,4)5)17(21)16(12-14)20(6,7)8/h11-12,21H,2,9-10H2,1,3-8H3. The summed E-state index contributed by atoms with van der Waals surface area (Å²) in [7, 11) is 0. The first-order valence-electron chi connectivity index (χ1n) is 8.09. The van der Waals surface area contributed by atoms with Crippen molar-refractivity contribution >= 4 is 5.97 Å². The van der Waals surface area contributed by atoms with E-state index in [0.29, 0.717) is 24.4 Å². The van der Waals surface area contributed by atoms with Gasteiger partial charge in [0, 0.05) is 12.0 Å². The molecule has 0 radical (unpaired) electrons. The molecule has 0 bridgehead atoms. The smallest absolute Gasteiger partial charge is 0.333 e. The molecule has 0 aliphatic carbocycles. The quantitative estimate of drug-likeness (QED) is 0.649. The number of benzene rings is 1. The summed E-state index contributed by atoms with van der Waals surface area (Å²) >= 11 is 0. The number of phenolic OH excluding ortho intramolecular Hbond substituents is 1. The lowest BCUT2D eigenvalue weighted by atomic mass is 9.78. The molecule has 0 amide bonds. The van der Waals surface area contributed by atoms with E-state index < -0.39 is 0 Å². The van der Waals surface area contributed by atoms with Crippen LogP contribution >= 0.6 is 0 Å². The Morgan fingerprint density at radius 3 is 1.87 bits per heavy atom. The van der Waals surface area contributed by atoms with E-state index in [-0.39, 0.29) is 16.8 Å². The third kappa shape index (κ3) is 4.85. The highest BCUT2D eigenvalue weighted by Gasteiger charge is 2.26. The fourth-order valence-corrected chi connectivity index (χ4v) is 2.49. The van der Waals surface area contributed by atoms with E-state index in [1.807, 2.05) is 12.1 Å². The van der Waals surface area contributed by atoms with Crippen LogP contribution < -0.4 is 0 Å². The third-order valence-corrected chi connectivity index (χ3v) is 3.77. The number of esters is 1. The van der Waals surface area contributed by atoms with Gasteiger partial charge in [-0.25, -0.2) is 4.79 Å². The second-order valence-corrected chi connectivity index (χ2v) is 8.04. The molecule has 3 heteroatoms. The van der Waals surface area contributed by atoms with E-state index in [9.17, 15) is 9.90 Å². The topological polar surface area (TPSA) is 46.5 Å². The normalized spacial score (nSPS) is 12.1. The van der Waals surface area contributed by atoms with Gasteiger partial charge in [0.2, 0.25) is 0 Å². The summed E-state index contributed by atoms with van der Waals surface area (Å²) in [6.45, 7) is 18.4. The van der Waals surface area contributed by atoms with E-state index in [0.717, 1.165) is 16.7 Å². The van der Waals surface area contributed by atoms with Crippen molar-refractivity contribution in [3.63, 3.8) is 0 Å². The van der Waals surface area contributed by atoms with Gasteiger partial charge in [-0.1, -0.05) is 60.3 Å². The molecule has 0 aliphatic heterocycles. The summed E-state index contributed by atoms with van der Waals surface area (Å²) in [4.78, 5) is 11.8. The third-order valence-electron chi connectivity index (χ3n) is 3.77. The van der Waals surface area contributed by atoms with Gasteiger partial charge in [0.05, 0.1) is 6.61 Å². The summed E-state index contributed by atoms with van der Waals surface area (Å²) in [6, 6.07) is 3.93. The largest absolute Gasteiger partial charge is 0.507 e. The Bertz CT molecular complexity index is 563. The van der Waals surface area contributed by atoms with Crippen LogP contribution in [0.2, 0.25) is 0 Å². The van der Waals surface area contributed by atoms with Crippen LogP contribution in [0, 0.1) is 0 Å². The first kappa shape index (κ1) is 19.3. The highest BCUT2D eigenvalue weighted by Crippen LogP contribution is 2.40. The van der Waals surface area contributed by atoms with Gasteiger partial charge in [0.25, 0.3) is 0 Å². The van der Waals surface area contributed by atoms with Crippen molar-refractivity contribution in [3.8, 4) is 5.75 Å². The van der Waals surface area contributed by atoms with E-state index in [4.69, 9.17) is 4.74 Å². The van der Waals surface area contributed by atoms with Crippen molar-refractivity contribution in [1.29, 1.82) is 0 Å². The molecular weight excluding hydrogens is 288 g/mol. The molecule has 0 saturated heterocycles. The van der Waals surface area contributed by atoms with Crippen molar-refractivity contribution in [2.24, 2.45) is 0 Å². The molecule has 0 heterocycles. The molecule has 0 fully saturated rings. The number of carbonyl (C=O) groups is 1. The van der Waals surface area contributed by atoms with Gasteiger partial charge >= 0.3 is 5.97 Å². The highest BCUT2D eigenvalue weighted by atomic mass is 16.5. The zero-order valence-corrected chi connectivity index (χ0v) is 15.5. The second-order valence-electron chi connectivity index (χ2n) is 8.04. The SMILES string of the molecule is C=C(Cc1cc(C(C)(C)C)c(O)c(C(C)(C)C)c1)C(=O)OCC. The number of carbonyl (C=O) groups excluding carboxylic acids is 1. The minimum atomic E-state index is -0.366. The molecule has 3 nitrogen and oxygen atoms in total. The van der Waals surface area contributed by atoms with Gasteiger partial charge in [-0.05, 0) is 34.4 Å². The average molecular weight is 318 g/mol. The number of hydrogen-bond donors (Lipinski definition) is 1. The van der Waals surface area contributed by atoms with Crippen LogP contribution in [-0.4, -0.2) is 17.7 Å². The van der Waals surface area contributed by atoms with E-state index in [1.165, 1.54) is 0 Å². The number of phenols is 1. The minimum Gasteiger partial charge on any atom is -0.507 e. The lowest BCUT2D eigenvalue weighted by molar-refractivity contribution is -0.138. The second kappa shape index (κ2) is 6.77. The summed E-state index contributed by atoms with van der Waals surface area (Å²) in [5.41, 5.74) is 2.79. The Labute approximate surface area is 140 Å². The zero-order valence-electron chi connectivity index (χ0n) is 15.5. The Kier molecular flexibility index (Phi) is 5.68. The fourth-order valence-electron chi connectivity index (χ4n) is 2.49.